The number of allylic oxidation sites excluding steroid dienone is 1. The van der Waals surface area contributed by atoms with Crippen molar-refractivity contribution >= 4 is 34.2 Å². The number of nitriles is 1. The first-order valence-electron chi connectivity index (χ1n) is 9.01. The first-order chi connectivity index (χ1) is 14.4. The van der Waals surface area contributed by atoms with Crippen LogP contribution in [0.2, 0.25) is 5.15 Å². The van der Waals surface area contributed by atoms with Gasteiger partial charge in [-0.05, 0) is 56.3 Å². The van der Waals surface area contributed by atoms with Gasteiger partial charge in [0.15, 0.2) is 5.82 Å². The second kappa shape index (κ2) is 7.58. The number of aryl methyl sites for hydroxylation is 2. The molecule has 0 aliphatic rings. The molecule has 1 N–H and O–H groups in total. The molecule has 2 aromatic carbocycles. The molecular weight excluding hydrogens is 405 g/mol. The van der Waals surface area contributed by atoms with Crippen molar-refractivity contribution in [2.24, 2.45) is 0 Å². The Morgan fingerprint density at radius 2 is 1.97 bits per heavy atom. The van der Waals surface area contributed by atoms with Gasteiger partial charge in [0.05, 0.1) is 27.9 Å². The molecule has 0 atom stereocenters. The minimum atomic E-state index is -0.368. The minimum Gasteiger partial charge on any atom is -0.305 e. The molecule has 0 aliphatic carbocycles. The van der Waals surface area contributed by atoms with Gasteiger partial charge in [-0.15, -0.1) is 0 Å². The molecule has 0 aliphatic heterocycles. The van der Waals surface area contributed by atoms with E-state index in [9.17, 15) is 14.4 Å². The van der Waals surface area contributed by atoms with Gasteiger partial charge in [0.2, 0.25) is 0 Å². The summed E-state index contributed by atoms with van der Waals surface area (Å²) in [6.45, 7) is 3.63. The standard InChI is InChI=1S/C22H15ClFN5O/c1-12-3-8-19-18(9-12)22(30)27-21(26-19)14(11-25)10-17-13(2)28-29(20(17)23)16-6-4-15(24)5-7-16/h3-10H,1-2H3,(H,26,27,30)/b14-10+. The average molecular weight is 420 g/mol. The number of H-pyrrole nitrogens is 1. The summed E-state index contributed by atoms with van der Waals surface area (Å²) in [5.74, 6) is -0.226. The van der Waals surface area contributed by atoms with Gasteiger partial charge < -0.3 is 4.98 Å². The molecule has 0 spiro atoms. The molecular formula is C22H15ClFN5O. The van der Waals surface area contributed by atoms with Gasteiger partial charge in [-0.2, -0.15) is 10.4 Å². The van der Waals surface area contributed by atoms with Crippen molar-refractivity contribution in [1.29, 1.82) is 5.26 Å². The fraction of sp³-hybridized carbons (Fsp3) is 0.0909. The van der Waals surface area contributed by atoms with Crippen LogP contribution in [0.25, 0.3) is 28.2 Å². The zero-order chi connectivity index (χ0) is 21.4. The predicted molar refractivity (Wildman–Crippen MR) is 114 cm³/mol. The lowest BCUT2D eigenvalue weighted by Gasteiger charge is -2.04. The number of aromatic amines is 1. The fourth-order valence-electron chi connectivity index (χ4n) is 3.11. The Hall–Kier alpha value is -3.76. The Kier molecular flexibility index (Phi) is 4.94. The number of nitrogens with zero attached hydrogens (tertiary/aromatic N) is 4. The maximum absolute atomic E-state index is 13.2. The highest BCUT2D eigenvalue weighted by Crippen LogP contribution is 2.27. The Morgan fingerprint density at radius 3 is 2.67 bits per heavy atom. The molecule has 0 bridgehead atoms. The lowest BCUT2D eigenvalue weighted by atomic mass is 10.1. The van der Waals surface area contributed by atoms with Crippen LogP contribution in [-0.2, 0) is 0 Å². The third-order valence-corrected chi connectivity index (χ3v) is 5.01. The molecule has 148 valence electrons. The van der Waals surface area contributed by atoms with Crippen molar-refractivity contribution < 1.29 is 4.39 Å². The lowest BCUT2D eigenvalue weighted by Crippen LogP contribution is -2.11. The van der Waals surface area contributed by atoms with E-state index in [0.29, 0.717) is 27.8 Å². The molecule has 2 aromatic heterocycles. The van der Waals surface area contributed by atoms with E-state index in [-0.39, 0.29) is 27.9 Å². The summed E-state index contributed by atoms with van der Waals surface area (Å²) in [7, 11) is 0. The van der Waals surface area contributed by atoms with Crippen LogP contribution in [0.3, 0.4) is 0 Å². The van der Waals surface area contributed by atoms with E-state index in [2.05, 4.69) is 21.1 Å². The Morgan fingerprint density at radius 1 is 1.23 bits per heavy atom. The van der Waals surface area contributed by atoms with E-state index < -0.39 is 0 Å². The van der Waals surface area contributed by atoms with E-state index in [0.717, 1.165) is 5.56 Å². The predicted octanol–water partition coefficient (Wildman–Crippen LogP) is 4.58. The smallest absolute Gasteiger partial charge is 0.259 e. The van der Waals surface area contributed by atoms with Gasteiger partial charge in [0.25, 0.3) is 5.56 Å². The van der Waals surface area contributed by atoms with Crippen LogP contribution in [0.15, 0.2) is 47.3 Å². The topological polar surface area (TPSA) is 87.4 Å². The van der Waals surface area contributed by atoms with Crippen molar-refractivity contribution in [3.05, 3.63) is 86.4 Å². The van der Waals surface area contributed by atoms with Crippen LogP contribution in [0.4, 0.5) is 4.39 Å². The maximum atomic E-state index is 13.2. The number of hydrogen-bond donors (Lipinski definition) is 1. The summed E-state index contributed by atoms with van der Waals surface area (Å²) in [5, 5.41) is 14.8. The molecule has 0 saturated heterocycles. The van der Waals surface area contributed by atoms with Gasteiger partial charge in [0, 0.05) is 5.56 Å². The molecule has 2 heterocycles. The van der Waals surface area contributed by atoms with Crippen LogP contribution < -0.4 is 5.56 Å². The molecule has 30 heavy (non-hydrogen) atoms. The summed E-state index contributed by atoms with van der Waals surface area (Å²) in [6, 6.07) is 13.1. The highest BCUT2D eigenvalue weighted by atomic mass is 35.5. The molecule has 8 heteroatoms. The first kappa shape index (κ1) is 19.6. The Balaban J connectivity index is 1.83. The van der Waals surface area contributed by atoms with Crippen LogP contribution in [0, 0.1) is 31.0 Å². The van der Waals surface area contributed by atoms with Crippen molar-refractivity contribution in [3.63, 3.8) is 0 Å². The molecule has 0 saturated carbocycles. The minimum absolute atomic E-state index is 0.137. The number of nitrogens with one attached hydrogen (secondary N) is 1. The number of aromatic nitrogens is 4. The normalized spacial score (nSPS) is 11.6. The number of rotatable bonds is 3. The summed E-state index contributed by atoms with van der Waals surface area (Å²) >= 11 is 6.50. The van der Waals surface area contributed by atoms with Crippen LogP contribution >= 0.6 is 11.6 Å². The number of fused-ring (bicyclic) bond motifs is 1. The van der Waals surface area contributed by atoms with Gasteiger partial charge >= 0.3 is 0 Å². The van der Waals surface area contributed by atoms with Crippen molar-refractivity contribution in [1.82, 2.24) is 19.7 Å². The van der Waals surface area contributed by atoms with Gasteiger partial charge in [-0.3, -0.25) is 4.79 Å². The van der Waals surface area contributed by atoms with E-state index >= 15 is 0 Å². The molecule has 4 aromatic rings. The number of benzene rings is 2. The van der Waals surface area contributed by atoms with Crippen molar-refractivity contribution in [2.75, 3.05) is 0 Å². The zero-order valence-corrected chi connectivity index (χ0v) is 16.8. The molecule has 0 amide bonds. The Bertz CT molecular complexity index is 1410. The molecule has 4 rings (SSSR count). The Labute approximate surface area is 175 Å². The summed E-state index contributed by atoms with van der Waals surface area (Å²) < 4.78 is 14.7. The van der Waals surface area contributed by atoms with Gasteiger partial charge in [-0.1, -0.05) is 23.2 Å². The third kappa shape index (κ3) is 3.49. The summed E-state index contributed by atoms with van der Waals surface area (Å²) in [5.41, 5.74) is 2.89. The van der Waals surface area contributed by atoms with Crippen molar-refractivity contribution in [3.8, 4) is 11.8 Å². The largest absolute Gasteiger partial charge is 0.305 e. The van der Waals surface area contributed by atoms with E-state index in [1.54, 1.807) is 31.2 Å². The monoisotopic (exact) mass is 419 g/mol. The van der Waals surface area contributed by atoms with Crippen LogP contribution in [0.5, 0.6) is 0 Å². The first-order valence-corrected chi connectivity index (χ1v) is 9.39. The zero-order valence-electron chi connectivity index (χ0n) is 16.1. The lowest BCUT2D eigenvalue weighted by molar-refractivity contribution is 0.627. The third-order valence-electron chi connectivity index (χ3n) is 4.64. The second-order valence-corrected chi connectivity index (χ2v) is 7.14. The summed E-state index contributed by atoms with van der Waals surface area (Å²) in [4.78, 5) is 19.6. The maximum Gasteiger partial charge on any atom is 0.259 e. The number of hydrogen-bond acceptors (Lipinski definition) is 4. The van der Waals surface area contributed by atoms with Gasteiger partial charge in [-0.25, -0.2) is 14.1 Å². The average Bonchev–Trinajstić information content (AvgIpc) is 3.00. The van der Waals surface area contributed by atoms with E-state index in [1.165, 1.54) is 22.9 Å². The number of halogens is 2. The fourth-order valence-corrected chi connectivity index (χ4v) is 3.43. The molecule has 0 unspecified atom stereocenters. The van der Waals surface area contributed by atoms with Crippen LogP contribution in [-0.4, -0.2) is 19.7 Å². The highest BCUT2D eigenvalue weighted by molar-refractivity contribution is 6.31. The van der Waals surface area contributed by atoms with Crippen LogP contribution in [0.1, 0.15) is 22.6 Å². The second-order valence-electron chi connectivity index (χ2n) is 6.78. The van der Waals surface area contributed by atoms with Gasteiger partial charge in [0.1, 0.15) is 17.0 Å². The molecule has 0 radical (unpaired) electrons. The van der Waals surface area contributed by atoms with E-state index in [4.69, 9.17) is 11.6 Å². The highest BCUT2D eigenvalue weighted by Gasteiger charge is 2.16. The molecule has 0 fully saturated rings. The van der Waals surface area contributed by atoms with Crippen molar-refractivity contribution in [2.45, 2.75) is 13.8 Å². The summed E-state index contributed by atoms with van der Waals surface area (Å²) in [6.07, 6.45) is 1.53. The van der Waals surface area contributed by atoms with E-state index in [1.807, 2.05) is 13.0 Å². The quantitative estimate of drug-likeness (QED) is 0.492. The SMILES string of the molecule is Cc1ccc2nc(/C(C#N)=C/c3c(C)nn(-c4ccc(F)cc4)c3Cl)[nH]c(=O)c2c1. The molecule has 6 nitrogen and oxygen atoms in total.